The summed E-state index contributed by atoms with van der Waals surface area (Å²) in [4.78, 5) is -4.24. The molecule has 1 aromatic carbocycles. The van der Waals surface area contributed by atoms with E-state index in [1.165, 1.54) is 20.8 Å². The molecule has 126 valence electrons. The minimum atomic E-state index is -5.39. The Kier molecular flexibility index (Phi) is 4.53. The molecule has 0 aliphatic heterocycles. The van der Waals surface area contributed by atoms with Crippen LogP contribution in [0.25, 0.3) is 0 Å². The molecular weight excluding hydrogens is 360 g/mol. The smallest absolute Gasteiger partial charge is 0.282 e. The van der Waals surface area contributed by atoms with Gasteiger partial charge < -0.3 is 0 Å². The first-order valence-corrected chi connectivity index (χ1v) is 9.89. The average Bonchev–Trinajstić information content (AvgIpc) is 2.22. The third kappa shape index (κ3) is 3.83. The molecule has 0 atom stereocenters. The Morgan fingerprint density at radius 1 is 0.727 bits per heavy atom. The predicted molar refractivity (Wildman–Crippen MR) is 74.6 cm³/mol. The van der Waals surface area contributed by atoms with Crippen molar-refractivity contribution in [2.75, 3.05) is 0 Å². The lowest BCUT2D eigenvalue weighted by atomic mass is 9.87. The fourth-order valence-electron chi connectivity index (χ4n) is 1.84. The van der Waals surface area contributed by atoms with Crippen molar-refractivity contribution in [3.63, 3.8) is 0 Å². The molecule has 0 saturated carbocycles. The highest BCUT2D eigenvalue weighted by Gasteiger charge is 2.37. The Hall–Kier alpha value is -1.05. The van der Waals surface area contributed by atoms with Gasteiger partial charge in [0.15, 0.2) is 0 Å². The van der Waals surface area contributed by atoms with E-state index in [2.05, 4.69) is 0 Å². The summed E-state index contributed by atoms with van der Waals surface area (Å²) in [5, 5.41) is 0. The van der Waals surface area contributed by atoms with Gasteiger partial charge in [0.25, 0.3) is 30.4 Å². The van der Waals surface area contributed by atoms with E-state index in [4.69, 9.17) is 4.55 Å². The number of benzene rings is 1. The van der Waals surface area contributed by atoms with Crippen LogP contribution in [-0.4, -0.2) is 38.9 Å². The van der Waals surface area contributed by atoms with Crippen molar-refractivity contribution in [3.05, 3.63) is 17.7 Å². The van der Waals surface area contributed by atoms with Gasteiger partial charge in [0.1, 0.15) is 14.7 Å². The first kappa shape index (κ1) is 19.0. The average molecular weight is 374 g/mol. The molecule has 1 rings (SSSR count). The molecule has 0 radical (unpaired) electrons. The van der Waals surface area contributed by atoms with Crippen LogP contribution in [0.4, 0.5) is 0 Å². The van der Waals surface area contributed by atoms with Crippen molar-refractivity contribution in [1.29, 1.82) is 0 Å². The van der Waals surface area contributed by atoms with Crippen molar-refractivity contribution in [1.82, 2.24) is 0 Å². The van der Waals surface area contributed by atoms with E-state index in [-0.39, 0.29) is 5.56 Å². The zero-order valence-electron chi connectivity index (χ0n) is 11.7. The Labute approximate surface area is 128 Å². The molecule has 0 fully saturated rings. The molecule has 0 aliphatic carbocycles. The van der Waals surface area contributed by atoms with Crippen LogP contribution in [0.2, 0.25) is 0 Å². The van der Waals surface area contributed by atoms with Crippen LogP contribution < -0.4 is 0 Å². The molecule has 9 nitrogen and oxygen atoms in total. The van der Waals surface area contributed by atoms with Crippen LogP contribution in [0.15, 0.2) is 26.8 Å². The summed E-state index contributed by atoms with van der Waals surface area (Å²) in [5.74, 6) is 0. The van der Waals surface area contributed by atoms with Gasteiger partial charge in [-0.25, -0.2) is 0 Å². The number of rotatable bonds is 3. The summed E-state index contributed by atoms with van der Waals surface area (Å²) in [6.07, 6.45) is 0. The van der Waals surface area contributed by atoms with E-state index < -0.39 is 50.5 Å². The number of hydrogen-bond donors (Lipinski definition) is 3. The molecule has 1 aromatic rings. The predicted octanol–water partition coefficient (Wildman–Crippen LogP) is 0.724. The molecule has 22 heavy (non-hydrogen) atoms. The van der Waals surface area contributed by atoms with Gasteiger partial charge in [-0.1, -0.05) is 26.8 Å². The van der Waals surface area contributed by atoms with Crippen molar-refractivity contribution in [2.45, 2.75) is 40.9 Å². The van der Waals surface area contributed by atoms with Gasteiger partial charge in [-0.15, -0.1) is 0 Å². The SMILES string of the molecule is CC(C)(C)c1ccc(S(=O)(=O)O)c(S(=O)(=O)O)c1S(=O)(=O)O. The maximum absolute atomic E-state index is 11.6. The highest BCUT2D eigenvalue weighted by molar-refractivity contribution is 7.90. The molecule has 0 aromatic heterocycles. The van der Waals surface area contributed by atoms with E-state index >= 15 is 0 Å². The van der Waals surface area contributed by atoms with Crippen LogP contribution in [-0.2, 0) is 35.8 Å². The van der Waals surface area contributed by atoms with Gasteiger partial charge in [0.05, 0.1) is 0 Å². The lowest BCUT2D eigenvalue weighted by molar-refractivity contribution is 0.449. The van der Waals surface area contributed by atoms with E-state index in [0.29, 0.717) is 6.07 Å². The second-order valence-electron chi connectivity index (χ2n) is 5.44. The molecule has 3 N–H and O–H groups in total. The largest absolute Gasteiger partial charge is 0.297 e. The fourth-order valence-corrected chi connectivity index (χ4v) is 5.41. The zero-order valence-corrected chi connectivity index (χ0v) is 14.1. The topological polar surface area (TPSA) is 163 Å². The Morgan fingerprint density at radius 2 is 1.14 bits per heavy atom. The molecule has 0 aliphatic rings. The maximum atomic E-state index is 11.6. The lowest BCUT2D eigenvalue weighted by Gasteiger charge is -2.23. The van der Waals surface area contributed by atoms with Gasteiger partial charge >= 0.3 is 0 Å². The summed E-state index contributed by atoms with van der Waals surface area (Å²) in [5.41, 5.74) is -1.28. The van der Waals surface area contributed by atoms with Gasteiger partial charge in [-0.3, -0.25) is 13.7 Å². The zero-order chi connectivity index (χ0) is 17.7. The summed E-state index contributed by atoms with van der Waals surface area (Å²) in [6.45, 7) is 4.41. The first-order chi connectivity index (χ1) is 9.47. The van der Waals surface area contributed by atoms with Crippen LogP contribution in [0.1, 0.15) is 26.3 Å². The van der Waals surface area contributed by atoms with Crippen LogP contribution in [0, 0.1) is 0 Å². The van der Waals surface area contributed by atoms with E-state index in [9.17, 15) is 34.4 Å². The second kappa shape index (κ2) is 5.25. The Balaban J connectivity index is 4.31. The van der Waals surface area contributed by atoms with Crippen molar-refractivity contribution in [2.24, 2.45) is 0 Å². The highest BCUT2D eigenvalue weighted by atomic mass is 32.2. The van der Waals surface area contributed by atoms with E-state index in [1.807, 2.05) is 0 Å². The normalized spacial score (nSPS) is 14.1. The van der Waals surface area contributed by atoms with E-state index in [1.54, 1.807) is 0 Å². The summed E-state index contributed by atoms with van der Waals surface area (Å²) >= 11 is 0. The van der Waals surface area contributed by atoms with E-state index in [0.717, 1.165) is 6.07 Å². The third-order valence-corrected chi connectivity index (χ3v) is 5.71. The molecule has 0 heterocycles. The highest BCUT2D eigenvalue weighted by Crippen LogP contribution is 2.36. The van der Waals surface area contributed by atoms with Gasteiger partial charge in [0.2, 0.25) is 0 Å². The summed E-state index contributed by atoms with van der Waals surface area (Å²) in [6, 6.07) is 1.56. The first-order valence-electron chi connectivity index (χ1n) is 5.57. The minimum Gasteiger partial charge on any atom is -0.282 e. The number of hydrogen-bond acceptors (Lipinski definition) is 6. The lowest BCUT2D eigenvalue weighted by Crippen LogP contribution is -2.22. The minimum absolute atomic E-state index is 0.255. The van der Waals surface area contributed by atoms with Crippen molar-refractivity contribution in [3.8, 4) is 0 Å². The second-order valence-corrected chi connectivity index (χ2v) is 9.55. The summed E-state index contributed by atoms with van der Waals surface area (Å²) in [7, 11) is -15.8. The van der Waals surface area contributed by atoms with Crippen LogP contribution >= 0.6 is 0 Å². The summed E-state index contributed by atoms with van der Waals surface area (Å²) < 4.78 is 96.0. The van der Waals surface area contributed by atoms with Gasteiger partial charge in [-0.2, -0.15) is 25.3 Å². The monoisotopic (exact) mass is 374 g/mol. The van der Waals surface area contributed by atoms with Crippen molar-refractivity contribution >= 4 is 30.4 Å². The molecule has 0 amide bonds. The van der Waals surface area contributed by atoms with Crippen LogP contribution in [0.5, 0.6) is 0 Å². The molecular formula is C10H14O9S3. The van der Waals surface area contributed by atoms with Crippen LogP contribution in [0.3, 0.4) is 0 Å². The standard InChI is InChI=1S/C10H14O9S3/c1-10(2,3)6-4-5-7(20(11,12)13)9(22(17,18)19)8(6)21(14,15)16/h4-5H,1-3H3,(H,11,12,13)(H,14,15,16)(H,17,18,19). The molecule has 0 saturated heterocycles. The van der Waals surface area contributed by atoms with Gasteiger partial charge in [0, 0.05) is 0 Å². The fraction of sp³-hybridized carbons (Fsp3) is 0.400. The maximum Gasteiger partial charge on any atom is 0.297 e. The molecule has 12 heteroatoms. The van der Waals surface area contributed by atoms with Gasteiger partial charge in [-0.05, 0) is 17.0 Å². The van der Waals surface area contributed by atoms with Crippen molar-refractivity contribution < 1.29 is 38.9 Å². The molecule has 0 unspecified atom stereocenters. The molecule has 0 spiro atoms. The Bertz CT molecular complexity index is 917. The quantitative estimate of drug-likeness (QED) is 0.647. The Morgan fingerprint density at radius 3 is 1.41 bits per heavy atom. The molecule has 0 bridgehead atoms. The third-order valence-electron chi connectivity index (χ3n) is 2.68.